The van der Waals surface area contributed by atoms with Crippen molar-refractivity contribution in [2.45, 2.75) is 46.3 Å². The summed E-state index contributed by atoms with van der Waals surface area (Å²) < 4.78 is 21.8. The summed E-state index contributed by atoms with van der Waals surface area (Å²) in [5.41, 5.74) is 6.60. The molecule has 2 aromatic carbocycles. The van der Waals surface area contributed by atoms with Crippen LogP contribution in [0.4, 0.5) is 10.5 Å². The third-order valence-corrected chi connectivity index (χ3v) is 4.84. The van der Waals surface area contributed by atoms with Crippen LogP contribution >= 0.6 is 0 Å². The fourth-order valence-electron chi connectivity index (χ4n) is 3.25. The number of nitrogens with two attached hydrogens (primary N) is 1. The fourth-order valence-corrected chi connectivity index (χ4v) is 3.25. The maximum Gasteiger partial charge on any atom is 0.421 e. The van der Waals surface area contributed by atoms with Gasteiger partial charge in [-0.25, -0.2) is 9.69 Å². The summed E-state index contributed by atoms with van der Waals surface area (Å²) in [4.78, 5) is 26.8. The maximum atomic E-state index is 13.0. The number of allylic oxidation sites excluding steroid dienone is 1. The number of hydrogen-bond donors (Lipinski definition) is 1. The lowest BCUT2D eigenvalue weighted by atomic mass is 10.0. The van der Waals surface area contributed by atoms with Gasteiger partial charge in [-0.1, -0.05) is 6.07 Å². The molecule has 192 valence electrons. The first-order valence-corrected chi connectivity index (χ1v) is 11.4. The number of methoxy groups -OCH3 is 2. The number of nitriles is 1. The van der Waals surface area contributed by atoms with Crippen molar-refractivity contribution in [1.82, 2.24) is 0 Å². The number of benzene rings is 2. The average molecular weight is 496 g/mol. The van der Waals surface area contributed by atoms with E-state index in [9.17, 15) is 14.9 Å². The summed E-state index contributed by atoms with van der Waals surface area (Å²) in [6.45, 7) is 8.85. The quantitative estimate of drug-likeness (QED) is 0.410. The Morgan fingerprint density at radius 1 is 1.08 bits per heavy atom. The lowest BCUT2D eigenvalue weighted by molar-refractivity contribution is -0.119. The monoisotopic (exact) mass is 495 g/mol. The van der Waals surface area contributed by atoms with E-state index in [0.717, 1.165) is 4.90 Å². The van der Waals surface area contributed by atoms with E-state index in [4.69, 9.17) is 24.7 Å². The van der Waals surface area contributed by atoms with Crippen LogP contribution in [-0.4, -0.2) is 44.5 Å². The molecule has 2 amide bonds. The van der Waals surface area contributed by atoms with E-state index in [0.29, 0.717) is 34.8 Å². The van der Waals surface area contributed by atoms with E-state index in [1.165, 1.54) is 21.1 Å². The lowest BCUT2D eigenvalue weighted by Gasteiger charge is -2.28. The van der Waals surface area contributed by atoms with Crippen LogP contribution in [0.3, 0.4) is 0 Å². The van der Waals surface area contributed by atoms with Crippen molar-refractivity contribution in [3.05, 3.63) is 47.5 Å². The number of carbonyl (C=O) groups excluding carboxylic acids is 2. The molecule has 0 saturated carbocycles. The van der Waals surface area contributed by atoms with Crippen molar-refractivity contribution >= 4 is 29.3 Å². The van der Waals surface area contributed by atoms with Crippen LogP contribution in [0.5, 0.6) is 17.2 Å². The van der Waals surface area contributed by atoms with Crippen molar-refractivity contribution in [1.29, 1.82) is 5.26 Å². The van der Waals surface area contributed by atoms with Gasteiger partial charge in [-0.15, -0.1) is 0 Å². The average Bonchev–Trinajstić information content (AvgIpc) is 2.81. The Morgan fingerprint density at radius 3 is 2.25 bits per heavy atom. The number of ether oxygens (including phenoxy) is 4. The van der Waals surface area contributed by atoms with E-state index < -0.39 is 23.6 Å². The Kier molecular flexibility index (Phi) is 9.47. The number of anilines is 1. The standard InChI is InChI=1S/C27H33N3O6/c1-8-35-24-15-19(10-12-23(24)34-7)20(16-28)13-18-9-11-22(33-6)21(14-18)30(25(31)17(2)29)26(32)36-27(3,4)5/h9-15,17H,8,29H2,1-7H3. The predicted octanol–water partition coefficient (Wildman–Crippen LogP) is 4.78. The second-order valence-electron chi connectivity index (χ2n) is 8.84. The SMILES string of the molecule is CCOc1cc(C(C#N)=Cc2ccc(OC)c(N(C(=O)OC(C)(C)C)C(=O)C(C)N)c2)ccc1OC. The van der Waals surface area contributed by atoms with E-state index in [-0.39, 0.29) is 11.4 Å². The Bertz CT molecular complexity index is 1180. The molecular weight excluding hydrogens is 462 g/mol. The summed E-state index contributed by atoms with van der Waals surface area (Å²) in [6, 6.07) is 11.3. The van der Waals surface area contributed by atoms with Crippen LogP contribution < -0.4 is 24.8 Å². The first kappa shape index (κ1) is 28.2. The highest BCUT2D eigenvalue weighted by atomic mass is 16.6. The van der Waals surface area contributed by atoms with Gasteiger partial charge >= 0.3 is 6.09 Å². The molecule has 1 unspecified atom stereocenters. The third-order valence-electron chi connectivity index (χ3n) is 4.84. The number of rotatable bonds is 8. The molecular formula is C27H33N3O6. The number of nitrogens with zero attached hydrogens (tertiary/aromatic N) is 2. The molecule has 9 heteroatoms. The molecule has 0 heterocycles. The van der Waals surface area contributed by atoms with Crippen molar-refractivity contribution in [2.24, 2.45) is 5.73 Å². The van der Waals surface area contributed by atoms with Crippen LogP contribution in [0.1, 0.15) is 45.7 Å². The van der Waals surface area contributed by atoms with Crippen LogP contribution in [0.15, 0.2) is 36.4 Å². The number of amides is 2. The molecule has 2 N–H and O–H groups in total. The molecule has 2 aromatic rings. The van der Waals surface area contributed by atoms with Crippen molar-refractivity contribution < 1.29 is 28.5 Å². The van der Waals surface area contributed by atoms with Crippen molar-refractivity contribution in [2.75, 3.05) is 25.7 Å². The third kappa shape index (κ3) is 6.99. The molecule has 9 nitrogen and oxygen atoms in total. The topological polar surface area (TPSA) is 124 Å². The second kappa shape index (κ2) is 12.1. The smallest absolute Gasteiger partial charge is 0.421 e. The van der Waals surface area contributed by atoms with Gasteiger partial charge in [0.1, 0.15) is 11.4 Å². The number of hydrogen-bond acceptors (Lipinski definition) is 8. The Balaban J connectivity index is 2.63. The van der Waals surface area contributed by atoms with E-state index >= 15 is 0 Å². The Hall–Kier alpha value is -4.03. The van der Waals surface area contributed by atoms with Crippen LogP contribution in [0.25, 0.3) is 11.6 Å². The van der Waals surface area contributed by atoms with Gasteiger partial charge in [-0.05, 0) is 82.2 Å². The normalized spacial score (nSPS) is 12.2. The lowest BCUT2D eigenvalue weighted by Crippen LogP contribution is -2.47. The zero-order valence-corrected chi connectivity index (χ0v) is 21.7. The summed E-state index contributed by atoms with van der Waals surface area (Å²) in [5, 5.41) is 9.87. The minimum Gasteiger partial charge on any atom is -0.495 e. The number of imide groups is 1. The van der Waals surface area contributed by atoms with Crippen LogP contribution in [-0.2, 0) is 9.53 Å². The highest BCUT2D eigenvalue weighted by molar-refractivity contribution is 6.15. The summed E-state index contributed by atoms with van der Waals surface area (Å²) >= 11 is 0. The van der Waals surface area contributed by atoms with Crippen molar-refractivity contribution in [3.63, 3.8) is 0 Å². The molecule has 0 aliphatic heterocycles. The first-order valence-electron chi connectivity index (χ1n) is 11.4. The van der Waals surface area contributed by atoms with Crippen LogP contribution in [0.2, 0.25) is 0 Å². The minimum atomic E-state index is -0.979. The van der Waals surface area contributed by atoms with Gasteiger partial charge in [0, 0.05) is 0 Å². The molecule has 36 heavy (non-hydrogen) atoms. The van der Waals surface area contributed by atoms with E-state index in [2.05, 4.69) is 6.07 Å². The Labute approximate surface area is 212 Å². The van der Waals surface area contributed by atoms with Gasteiger partial charge in [0.25, 0.3) is 5.91 Å². The van der Waals surface area contributed by atoms with Gasteiger partial charge in [0.2, 0.25) is 0 Å². The second-order valence-corrected chi connectivity index (χ2v) is 8.84. The van der Waals surface area contributed by atoms with Crippen LogP contribution in [0, 0.1) is 11.3 Å². The summed E-state index contributed by atoms with van der Waals surface area (Å²) in [5.74, 6) is 0.647. The van der Waals surface area contributed by atoms with Gasteiger partial charge in [-0.2, -0.15) is 5.26 Å². The fraction of sp³-hybridized carbons (Fsp3) is 0.370. The molecule has 0 aliphatic rings. The highest BCUT2D eigenvalue weighted by Gasteiger charge is 2.32. The first-order chi connectivity index (χ1) is 16.9. The Morgan fingerprint density at radius 2 is 1.72 bits per heavy atom. The number of carbonyl (C=O) groups is 2. The predicted molar refractivity (Wildman–Crippen MR) is 138 cm³/mol. The van der Waals surface area contributed by atoms with E-state index in [1.807, 2.05) is 6.92 Å². The largest absolute Gasteiger partial charge is 0.495 e. The molecule has 0 aliphatic carbocycles. The maximum absolute atomic E-state index is 13.0. The molecule has 0 bridgehead atoms. The molecule has 0 spiro atoms. The molecule has 1 atom stereocenters. The van der Waals surface area contributed by atoms with Gasteiger partial charge in [0.05, 0.1) is 44.2 Å². The zero-order chi connectivity index (χ0) is 27.0. The van der Waals surface area contributed by atoms with Crippen molar-refractivity contribution in [3.8, 4) is 23.3 Å². The summed E-state index contributed by atoms with van der Waals surface area (Å²) in [7, 11) is 2.96. The van der Waals surface area contributed by atoms with Gasteiger partial charge in [0.15, 0.2) is 11.5 Å². The van der Waals surface area contributed by atoms with Gasteiger partial charge < -0.3 is 24.7 Å². The molecule has 0 aromatic heterocycles. The van der Waals surface area contributed by atoms with E-state index in [1.54, 1.807) is 63.2 Å². The molecule has 0 fully saturated rings. The molecule has 0 radical (unpaired) electrons. The minimum absolute atomic E-state index is 0.143. The molecule has 2 rings (SSSR count). The summed E-state index contributed by atoms with van der Waals surface area (Å²) in [6.07, 6.45) is 0.741. The zero-order valence-electron chi connectivity index (χ0n) is 21.7. The highest BCUT2D eigenvalue weighted by Crippen LogP contribution is 2.34. The molecule has 0 saturated heterocycles. The van der Waals surface area contributed by atoms with Gasteiger partial charge in [-0.3, -0.25) is 4.79 Å².